The lowest BCUT2D eigenvalue weighted by Gasteiger charge is -2.41. The lowest BCUT2D eigenvalue weighted by molar-refractivity contribution is -0.135. The number of piperazine rings is 1. The number of aromatic nitrogens is 1. The highest BCUT2D eigenvalue weighted by Gasteiger charge is 2.32. The first-order valence-corrected chi connectivity index (χ1v) is 9.34. The molecule has 6 heteroatoms. The molecule has 0 spiro atoms. The summed E-state index contributed by atoms with van der Waals surface area (Å²) in [4.78, 5) is 22.8. The van der Waals surface area contributed by atoms with Crippen LogP contribution >= 0.6 is 11.3 Å². The van der Waals surface area contributed by atoms with E-state index in [0.717, 1.165) is 45.1 Å². The minimum absolute atomic E-state index is 0.273. The molecule has 1 atom stereocenters. The summed E-state index contributed by atoms with van der Waals surface area (Å²) in [5.41, 5.74) is 3.36. The summed E-state index contributed by atoms with van der Waals surface area (Å²) >= 11 is 1.81. The summed E-state index contributed by atoms with van der Waals surface area (Å²) in [5, 5.41) is 3.17. The van der Waals surface area contributed by atoms with Crippen LogP contribution in [0.15, 0.2) is 5.51 Å². The van der Waals surface area contributed by atoms with Gasteiger partial charge in [0.15, 0.2) is 0 Å². The number of nitrogens with one attached hydrogen (secondary N) is 1. The molecular weight excluding hydrogens is 296 g/mol. The van der Waals surface area contributed by atoms with Gasteiger partial charge in [-0.05, 0) is 32.2 Å². The highest BCUT2D eigenvalue weighted by Crippen LogP contribution is 2.42. The summed E-state index contributed by atoms with van der Waals surface area (Å²) < 4.78 is 0. The van der Waals surface area contributed by atoms with E-state index in [-0.39, 0.29) is 5.91 Å². The van der Waals surface area contributed by atoms with Crippen LogP contribution in [0.4, 0.5) is 0 Å². The summed E-state index contributed by atoms with van der Waals surface area (Å²) in [5.74, 6) is 1.01. The molecular formula is C16H24N4OS. The summed E-state index contributed by atoms with van der Waals surface area (Å²) in [6.07, 6.45) is 4.98. The van der Waals surface area contributed by atoms with Crippen molar-refractivity contribution in [3.05, 3.63) is 16.1 Å². The van der Waals surface area contributed by atoms with Crippen molar-refractivity contribution in [3.8, 4) is 0 Å². The molecule has 1 N–H and O–H groups in total. The molecule has 3 heterocycles. The smallest absolute Gasteiger partial charge is 0.236 e. The van der Waals surface area contributed by atoms with Gasteiger partial charge in [-0.3, -0.25) is 9.69 Å². The van der Waals surface area contributed by atoms with Gasteiger partial charge in [-0.1, -0.05) is 0 Å². The van der Waals surface area contributed by atoms with Crippen molar-refractivity contribution in [2.45, 2.75) is 44.2 Å². The molecule has 3 fully saturated rings. The molecule has 0 radical (unpaired) electrons. The number of carbonyl (C=O) groups is 1. The van der Waals surface area contributed by atoms with E-state index in [1.807, 2.05) is 5.51 Å². The number of hydrogen-bond acceptors (Lipinski definition) is 5. The third-order valence-electron chi connectivity index (χ3n) is 5.05. The monoisotopic (exact) mass is 320 g/mol. The first-order chi connectivity index (χ1) is 10.8. The average Bonchev–Trinajstić information content (AvgIpc) is 3.28. The van der Waals surface area contributed by atoms with Crippen LogP contribution < -0.4 is 5.32 Å². The Morgan fingerprint density at radius 3 is 3.05 bits per heavy atom. The third-order valence-corrected chi connectivity index (χ3v) is 5.88. The number of piperidine rings is 1. The Balaban J connectivity index is 1.40. The van der Waals surface area contributed by atoms with Crippen LogP contribution in [0.3, 0.4) is 0 Å². The van der Waals surface area contributed by atoms with Crippen molar-refractivity contribution in [2.24, 2.45) is 0 Å². The van der Waals surface area contributed by atoms with Crippen molar-refractivity contribution >= 4 is 17.2 Å². The molecule has 0 aromatic carbocycles. The lowest BCUT2D eigenvalue weighted by atomic mass is 10.0. The van der Waals surface area contributed by atoms with E-state index < -0.39 is 0 Å². The number of carbonyl (C=O) groups excluding carboxylic acids is 1. The van der Waals surface area contributed by atoms with Crippen LogP contribution in [0.2, 0.25) is 0 Å². The molecule has 2 aliphatic heterocycles. The Hall–Kier alpha value is -0.980. The van der Waals surface area contributed by atoms with Crippen molar-refractivity contribution in [1.82, 2.24) is 20.1 Å². The molecule has 1 amide bonds. The molecule has 1 aromatic rings. The van der Waals surface area contributed by atoms with Gasteiger partial charge in [0.1, 0.15) is 0 Å². The number of hydrogen-bond donors (Lipinski definition) is 1. The first kappa shape index (κ1) is 14.6. The zero-order chi connectivity index (χ0) is 14.9. The molecule has 2 saturated heterocycles. The van der Waals surface area contributed by atoms with Gasteiger partial charge in [0.2, 0.25) is 5.91 Å². The van der Waals surface area contributed by atoms with Crippen LogP contribution in [0, 0.1) is 0 Å². The zero-order valence-electron chi connectivity index (χ0n) is 13.0. The molecule has 1 unspecified atom stereocenters. The van der Waals surface area contributed by atoms with Crippen molar-refractivity contribution in [3.63, 3.8) is 0 Å². The highest BCUT2D eigenvalue weighted by molar-refractivity contribution is 7.09. The van der Waals surface area contributed by atoms with Crippen molar-refractivity contribution in [2.75, 3.05) is 32.7 Å². The molecule has 1 aromatic heterocycles. The molecule has 4 rings (SSSR count). The van der Waals surface area contributed by atoms with Crippen LogP contribution in [0.5, 0.6) is 0 Å². The van der Waals surface area contributed by atoms with E-state index in [1.54, 1.807) is 11.3 Å². The number of thiazole rings is 1. The van der Waals surface area contributed by atoms with Crippen LogP contribution in [0.1, 0.15) is 42.2 Å². The second kappa shape index (κ2) is 6.26. The largest absolute Gasteiger partial charge is 0.336 e. The zero-order valence-corrected chi connectivity index (χ0v) is 13.8. The predicted octanol–water partition coefficient (Wildman–Crippen LogP) is 1.42. The summed E-state index contributed by atoms with van der Waals surface area (Å²) in [7, 11) is 0. The summed E-state index contributed by atoms with van der Waals surface area (Å²) in [6, 6.07) is 0.403. The molecule has 1 aliphatic carbocycles. The van der Waals surface area contributed by atoms with Crippen LogP contribution in [0.25, 0.3) is 0 Å². The standard InChI is InChI=1S/C16H24N4OS/c21-15-8-17-5-7-20(15)13-2-1-6-19(9-13)10-14-16(12-3-4-12)18-11-22-14/h11-13,17H,1-10H2. The van der Waals surface area contributed by atoms with Gasteiger partial charge in [-0.2, -0.15) is 0 Å². The van der Waals surface area contributed by atoms with Crippen LogP contribution in [-0.4, -0.2) is 59.5 Å². The number of likely N-dealkylation sites (tertiary alicyclic amines) is 1. The molecule has 22 heavy (non-hydrogen) atoms. The van der Waals surface area contributed by atoms with Gasteiger partial charge in [-0.25, -0.2) is 4.98 Å². The third kappa shape index (κ3) is 3.05. The van der Waals surface area contributed by atoms with E-state index in [1.165, 1.54) is 29.8 Å². The Morgan fingerprint density at radius 2 is 2.23 bits per heavy atom. The molecule has 120 valence electrons. The number of nitrogens with zero attached hydrogens (tertiary/aromatic N) is 3. The Labute approximate surface area is 135 Å². The van der Waals surface area contributed by atoms with Gasteiger partial charge in [-0.15, -0.1) is 11.3 Å². The van der Waals surface area contributed by atoms with Crippen molar-refractivity contribution < 1.29 is 4.79 Å². The molecule has 1 saturated carbocycles. The quantitative estimate of drug-likeness (QED) is 0.911. The van der Waals surface area contributed by atoms with Gasteiger partial charge in [0, 0.05) is 43.0 Å². The predicted molar refractivity (Wildman–Crippen MR) is 87.0 cm³/mol. The fourth-order valence-electron chi connectivity index (χ4n) is 3.73. The molecule has 0 bridgehead atoms. The van der Waals surface area contributed by atoms with Crippen LogP contribution in [-0.2, 0) is 11.3 Å². The number of amides is 1. The van der Waals surface area contributed by atoms with Gasteiger partial charge >= 0.3 is 0 Å². The molecule has 3 aliphatic rings. The van der Waals surface area contributed by atoms with Gasteiger partial charge in [0.25, 0.3) is 0 Å². The lowest BCUT2D eigenvalue weighted by Crippen LogP contribution is -2.56. The Morgan fingerprint density at radius 1 is 1.32 bits per heavy atom. The normalized spacial score (nSPS) is 27.4. The maximum absolute atomic E-state index is 12.1. The fourth-order valence-corrected chi connectivity index (χ4v) is 4.62. The van der Waals surface area contributed by atoms with E-state index >= 15 is 0 Å². The maximum Gasteiger partial charge on any atom is 0.236 e. The van der Waals surface area contributed by atoms with E-state index in [2.05, 4.69) is 20.1 Å². The van der Waals surface area contributed by atoms with E-state index in [9.17, 15) is 4.79 Å². The average molecular weight is 320 g/mol. The summed E-state index contributed by atoms with van der Waals surface area (Å²) in [6.45, 7) is 5.51. The highest BCUT2D eigenvalue weighted by atomic mass is 32.1. The minimum Gasteiger partial charge on any atom is -0.336 e. The second-order valence-electron chi connectivity index (χ2n) is 6.73. The minimum atomic E-state index is 0.273. The van der Waals surface area contributed by atoms with Crippen molar-refractivity contribution in [1.29, 1.82) is 0 Å². The SMILES string of the molecule is O=C1CNCCN1C1CCCN(Cc2scnc2C2CC2)C1. The number of rotatable bonds is 4. The second-order valence-corrected chi connectivity index (χ2v) is 7.67. The maximum atomic E-state index is 12.1. The molecule has 5 nitrogen and oxygen atoms in total. The Kier molecular flexibility index (Phi) is 4.15. The fraction of sp³-hybridized carbons (Fsp3) is 0.750. The topological polar surface area (TPSA) is 48.5 Å². The van der Waals surface area contributed by atoms with Gasteiger partial charge in [0.05, 0.1) is 17.7 Å². The first-order valence-electron chi connectivity index (χ1n) is 8.46. The van der Waals surface area contributed by atoms with E-state index in [0.29, 0.717) is 12.6 Å². The van der Waals surface area contributed by atoms with Gasteiger partial charge < -0.3 is 10.2 Å². The Bertz CT molecular complexity index is 542. The van der Waals surface area contributed by atoms with E-state index in [4.69, 9.17) is 0 Å².